The average molecular weight is 516 g/mol. The van der Waals surface area contributed by atoms with Gasteiger partial charge in [0.05, 0.1) is 22.9 Å². The van der Waals surface area contributed by atoms with Gasteiger partial charge in [-0.25, -0.2) is 4.79 Å². The van der Waals surface area contributed by atoms with Crippen LogP contribution in [-0.2, 0) is 15.7 Å². The lowest BCUT2D eigenvalue weighted by Crippen LogP contribution is -2.21. The molecule has 0 fully saturated rings. The minimum atomic E-state index is -4.68. The molecule has 0 bridgehead atoms. The molecule has 0 aliphatic heterocycles. The zero-order valence-corrected chi connectivity index (χ0v) is 20.9. The summed E-state index contributed by atoms with van der Waals surface area (Å²) in [5.74, 6) is -0.404. The maximum atomic E-state index is 13.7. The summed E-state index contributed by atoms with van der Waals surface area (Å²) in [5.41, 5.74) is 2.83. The summed E-state index contributed by atoms with van der Waals surface area (Å²) in [6.45, 7) is 5.82. The lowest BCUT2D eigenvalue weighted by molar-refractivity contribution is -0.142. The number of unbranched alkanes of at least 4 members (excludes halogenated alkanes) is 2. The van der Waals surface area contributed by atoms with E-state index in [4.69, 9.17) is 14.4 Å². The smallest absolute Gasteiger partial charge is 0.417 e. The van der Waals surface area contributed by atoms with Gasteiger partial charge in [-0.15, -0.1) is 0 Å². The number of carboxylic acids is 1. The summed E-state index contributed by atoms with van der Waals surface area (Å²) in [7, 11) is 0. The monoisotopic (exact) mass is 515 g/mol. The van der Waals surface area contributed by atoms with Crippen molar-refractivity contribution < 1.29 is 32.3 Å². The molecule has 196 valence electrons. The number of carboxylic acid groups (broad SMARTS) is 1. The molecule has 0 spiro atoms. The summed E-state index contributed by atoms with van der Waals surface area (Å²) in [6.07, 6.45) is -2.77. The number of aryl methyl sites for hydroxylation is 3. The maximum absolute atomic E-state index is 13.7. The van der Waals surface area contributed by atoms with Gasteiger partial charge in [0.15, 0.2) is 0 Å². The van der Waals surface area contributed by atoms with Crippen molar-refractivity contribution in [1.29, 1.82) is 5.26 Å². The van der Waals surface area contributed by atoms with E-state index < -0.39 is 23.3 Å². The minimum absolute atomic E-state index is 0.280. The molecule has 0 saturated carbocycles. The third kappa shape index (κ3) is 6.89. The molecular formula is C27H28F3N3O4. The fraction of sp³-hybridized carbons (Fsp3) is 0.370. The molecule has 0 unspecified atom stereocenters. The van der Waals surface area contributed by atoms with Crippen molar-refractivity contribution in [2.75, 3.05) is 24.7 Å². The maximum Gasteiger partial charge on any atom is 0.417 e. The molecule has 10 heteroatoms. The molecule has 3 rings (SSSR count). The van der Waals surface area contributed by atoms with Crippen LogP contribution in [0.4, 0.5) is 24.5 Å². The van der Waals surface area contributed by atoms with E-state index in [9.17, 15) is 23.2 Å². The van der Waals surface area contributed by atoms with E-state index in [1.54, 1.807) is 13.0 Å². The Morgan fingerprint density at radius 3 is 2.51 bits per heavy atom. The number of alkyl halides is 3. The van der Waals surface area contributed by atoms with Gasteiger partial charge in [0, 0.05) is 30.1 Å². The minimum Gasteiger partial charge on any atom is -0.480 e. The van der Waals surface area contributed by atoms with Gasteiger partial charge in [-0.3, -0.25) is 0 Å². The van der Waals surface area contributed by atoms with Crippen molar-refractivity contribution in [3.8, 4) is 17.2 Å². The zero-order valence-electron chi connectivity index (χ0n) is 20.9. The van der Waals surface area contributed by atoms with Crippen LogP contribution in [0.1, 0.15) is 47.4 Å². The third-order valence-electron chi connectivity index (χ3n) is 5.96. The summed E-state index contributed by atoms with van der Waals surface area (Å²) in [4.78, 5) is 12.4. The number of hydrogen-bond acceptors (Lipinski definition) is 6. The van der Waals surface area contributed by atoms with Crippen LogP contribution in [0.15, 0.2) is 40.9 Å². The molecule has 0 amide bonds. The molecule has 2 aromatic carbocycles. The van der Waals surface area contributed by atoms with Crippen molar-refractivity contribution in [2.24, 2.45) is 0 Å². The number of benzene rings is 2. The summed E-state index contributed by atoms with van der Waals surface area (Å²) in [5, 5.41) is 21.9. The highest BCUT2D eigenvalue weighted by Crippen LogP contribution is 2.39. The van der Waals surface area contributed by atoms with Gasteiger partial charge in [0.1, 0.15) is 12.4 Å². The average Bonchev–Trinajstić information content (AvgIpc) is 3.18. The van der Waals surface area contributed by atoms with Gasteiger partial charge in [-0.1, -0.05) is 17.3 Å². The van der Waals surface area contributed by atoms with Gasteiger partial charge in [0.25, 0.3) is 0 Å². The molecule has 0 radical (unpaired) electrons. The van der Waals surface area contributed by atoms with Crippen LogP contribution in [0, 0.1) is 32.1 Å². The summed E-state index contributed by atoms with van der Waals surface area (Å²) in [6, 6.07) is 11.1. The van der Waals surface area contributed by atoms with Gasteiger partial charge in [-0.2, -0.15) is 18.4 Å². The summed E-state index contributed by atoms with van der Waals surface area (Å²) >= 11 is 0. The highest BCUT2D eigenvalue weighted by Gasteiger charge is 2.34. The second kappa shape index (κ2) is 11.9. The van der Waals surface area contributed by atoms with Crippen molar-refractivity contribution in [3.05, 3.63) is 64.5 Å². The number of carbonyl (C=O) groups is 1. The lowest BCUT2D eigenvalue weighted by Gasteiger charge is -2.28. The fourth-order valence-electron chi connectivity index (χ4n) is 4.18. The second-order valence-electron chi connectivity index (χ2n) is 8.70. The molecule has 0 atom stereocenters. The molecule has 1 aromatic heterocycles. The van der Waals surface area contributed by atoms with Crippen molar-refractivity contribution in [1.82, 2.24) is 5.16 Å². The molecule has 1 N–H and O–H groups in total. The van der Waals surface area contributed by atoms with E-state index in [-0.39, 0.29) is 13.2 Å². The predicted molar refractivity (Wildman–Crippen MR) is 132 cm³/mol. The Morgan fingerprint density at radius 1 is 1.14 bits per heavy atom. The van der Waals surface area contributed by atoms with Gasteiger partial charge < -0.3 is 19.3 Å². The number of hydrogen-bond donors (Lipinski definition) is 1. The Morgan fingerprint density at radius 2 is 1.89 bits per heavy atom. The first kappa shape index (κ1) is 27.7. The van der Waals surface area contributed by atoms with E-state index in [0.29, 0.717) is 42.9 Å². The Kier molecular flexibility index (Phi) is 8.95. The van der Waals surface area contributed by atoms with Gasteiger partial charge in [-0.05, 0) is 75.4 Å². The quantitative estimate of drug-likeness (QED) is 0.288. The molecule has 3 aromatic rings. The van der Waals surface area contributed by atoms with Crippen LogP contribution in [0.5, 0.6) is 0 Å². The number of halogens is 3. The van der Waals surface area contributed by atoms with Crippen LogP contribution >= 0.6 is 0 Å². The van der Waals surface area contributed by atoms with Crippen molar-refractivity contribution in [3.63, 3.8) is 0 Å². The number of ether oxygens (including phenoxy) is 1. The number of nitrogens with zero attached hydrogens (tertiary/aromatic N) is 3. The number of anilines is 2. The Bertz CT molecular complexity index is 1280. The first-order chi connectivity index (χ1) is 17.5. The Balaban J connectivity index is 1.97. The first-order valence-electron chi connectivity index (χ1n) is 11.7. The molecule has 0 saturated heterocycles. The highest BCUT2D eigenvalue weighted by atomic mass is 19.4. The van der Waals surface area contributed by atoms with Gasteiger partial charge in [0.2, 0.25) is 0 Å². The predicted octanol–water partition coefficient (Wildman–Crippen LogP) is 6.57. The normalized spacial score (nSPS) is 11.4. The molecule has 1 heterocycles. The lowest BCUT2D eigenvalue weighted by atomic mass is 10.00. The van der Waals surface area contributed by atoms with Crippen LogP contribution in [0.2, 0.25) is 0 Å². The van der Waals surface area contributed by atoms with Crippen LogP contribution < -0.4 is 4.90 Å². The molecule has 0 aliphatic carbocycles. The zero-order chi connectivity index (χ0) is 27.2. The number of rotatable bonds is 11. The van der Waals surface area contributed by atoms with Gasteiger partial charge >= 0.3 is 12.1 Å². The van der Waals surface area contributed by atoms with Crippen LogP contribution in [0.3, 0.4) is 0 Å². The topological polar surface area (TPSA) is 99.6 Å². The molecule has 7 nitrogen and oxygen atoms in total. The standard InChI is InChI=1S/C27H28F3N3O4/c1-17-7-8-20(26-18(2)32-37-19(26)3)13-24(17)33(11-5-4-6-12-36-16-25(34)35)22-10-9-21(15-31)23(14-22)27(28,29)30/h7-10,13-14H,4-6,11-12,16H2,1-3H3,(H,34,35). The number of aromatic nitrogens is 1. The van der Waals surface area contributed by atoms with E-state index in [0.717, 1.165) is 28.4 Å². The number of aliphatic carboxylic acids is 1. The van der Waals surface area contributed by atoms with Crippen LogP contribution in [-0.4, -0.2) is 36.0 Å². The molecule has 0 aliphatic rings. The summed E-state index contributed by atoms with van der Waals surface area (Å²) < 4.78 is 51.6. The van der Waals surface area contributed by atoms with Crippen LogP contribution in [0.25, 0.3) is 11.1 Å². The Labute approximate surface area is 213 Å². The highest BCUT2D eigenvalue weighted by molar-refractivity contribution is 5.76. The van der Waals surface area contributed by atoms with E-state index in [1.807, 2.05) is 36.9 Å². The van der Waals surface area contributed by atoms with E-state index >= 15 is 0 Å². The molecule has 37 heavy (non-hydrogen) atoms. The molecular weight excluding hydrogens is 487 g/mol. The van der Waals surface area contributed by atoms with E-state index in [1.165, 1.54) is 12.1 Å². The third-order valence-corrected chi connectivity index (χ3v) is 5.96. The largest absolute Gasteiger partial charge is 0.480 e. The second-order valence-corrected chi connectivity index (χ2v) is 8.70. The van der Waals surface area contributed by atoms with Crippen molar-refractivity contribution in [2.45, 2.75) is 46.2 Å². The Hall–Kier alpha value is -3.84. The van der Waals surface area contributed by atoms with Crippen molar-refractivity contribution >= 4 is 17.3 Å². The van der Waals surface area contributed by atoms with E-state index in [2.05, 4.69) is 5.16 Å². The first-order valence-corrected chi connectivity index (χ1v) is 11.7. The SMILES string of the molecule is Cc1ccc(-c2c(C)noc2C)cc1N(CCCCCOCC(=O)O)c1ccc(C#N)c(C(F)(F)F)c1. The number of nitriles is 1. The fourth-order valence-corrected chi connectivity index (χ4v) is 4.18.